The van der Waals surface area contributed by atoms with Crippen LogP contribution in [0.3, 0.4) is 0 Å². The molecular weight excluding hydrogens is 534 g/mol. The number of anilines is 2. The summed E-state index contributed by atoms with van der Waals surface area (Å²) in [5.74, 6) is 2.30. The van der Waals surface area contributed by atoms with Crippen molar-refractivity contribution in [3.05, 3.63) is 95.1 Å². The van der Waals surface area contributed by atoms with E-state index in [0.29, 0.717) is 12.3 Å². The average molecular weight is 582 g/mol. The summed E-state index contributed by atoms with van der Waals surface area (Å²) in [6.07, 6.45) is 7.64. The molecule has 228 valence electrons. The Morgan fingerprint density at radius 1 is 1.00 bits per heavy atom. The Labute approximate surface area is 257 Å². The van der Waals surface area contributed by atoms with Gasteiger partial charge in [-0.1, -0.05) is 61.5 Å². The third kappa shape index (κ3) is 5.81. The zero-order valence-corrected chi connectivity index (χ0v) is 26.4. The summed E-state index contributed by atoms with van der Waals surface area (Å²) >= 11 is 0. The number of methoxy groups -OCH3 is 1. The Morgan fingerprint density at radius 2 is 1.67 bits per heavy atom. The number of rotatable bonds is 5. The average Bonchev–Trinajstić information content (AvgIpc) is 3.14. The molecular formula is C37H47N3O3. The van der Waals surface area contributed by atoms with E-state index < -0.39 is 6.10 Å². The van der Waals surface area contributed by atoms with Crippen molar-refractivity contribution in [3.8, 4) is 11.5 Å². The second-order valence-corrected chi connectivity index (χ2v) is 13.2. The normalized spacial score (nSPS) is 24.3. The minimum atomic E-state index is -0.412. The van der Waals surface area contributed by atoms with E-state index in [9.17, 15) is 5.11 Å². The van der Waals surface area contributed by atoms with Crippen molar-refractivity contribution in [3.63, 3.8) is 0 Å². The highest BCUT2D eigenvalue weighted by atomic mass is 16.5. The van der Waals surface area contributed by atoms with Crippen molar-refractivity contribution < 1.29 is 14.6 Å². The van der Waals surface area contributed by atoms with Crippen LogP contribution < -0.4 is 14.4 Å². The predicted octanol–water partition coefficient (Wildman–Crippen LogP) is 5.97. The maximum absolute atomic E-state index is 9.97. The molecule has 3 aromatic carbocycles. The number of fused-ring (bicyclic) bond motifs is 2. The minimum Gasteiger partial charge on any atom is -0.493 e. The summed E-state index contributed by atoms with van der Waals surface area (Å²) in [6.45, 7) is 6.47. The van der Waals surface area contributed by atoms with Crippen LogP contribution in [0.5, 0.6) is 11.5 Å². The van der Waals surface area contributed by atoms with Gasteiger partial charge in [0.2, 0.25) is 0 Å². The molecule has 4 aliphatic rings. The molecule has 0 aromatic heterocycles. The number of aryl methyl sites for hydroxylation is 2. The van der Waals surface area contributed by atoms with Crippen LogP contribution in [0.2, 0.25) is 0 Å². The van der Waals surface area contributed by atoms with E-state index in [4.69, 9.17) is 9.47 Å². The van der Waals surface area contributed by atoms with Crippen molar-refractivity contribution >= 4 is 11.4 Å². The maximum atomic E-state index is 9.97. The molecule has 3 aromatic rings. The van der Waals surface area contributed by atoms with E-state index in [1.54, 1.807) is 7.11 Å². The first-order valence-electron chi connectivity index (χ1n) is 15.8. The molecule has 1 aliphatic carbocycles. The third-order valence-electron chi connectivity index (χ3n) is 9.55. The lowest BCUT2D eigenvalue weighted by Crippen LogP contribution is -2.42. The molecule has 0 saturated heterocycles. The number of aliphatic hydroxyl groups is 1. The van der Waals surface area contributed by atoms with Gasteiger partial charge in [0.05, 0.1) is 18.6 Å². The Morgan fingerprint density at radius 3 is 2.33 bits per heavy atom. The van der Waals surface area contributed by atoms with E-state index in [2.05, 4.69) is 103 Å². The van der Waals surface area contributed by atoms with E-state index in [1.165, 1.54) is 33.6 Å². The molecule has 0 amide bonds. The molecule has 0 fully saturated rings. The number of hydrogen-bond acceptors (Lipinski definition) is 6. The zero-order valence-electron chi connectivity index (χ0n) is 26.4. The molecule has 6 heteroatoms. The van der Waals surface area contributed by atoms with Crippen LogP contribution in [0, 0.1) is 5.92 Å². The van der Waals surface area contributed by atoms with Gasteiger partial charge >= 0.3 is 0 Å². The zero-order chi connectivity index (χ0) is 30.1. The van der Waals surface area contributed by atoms with Gasteiger partial charge in [-0.05, 0) is 87.8 Å². The van der Waals surface area contributed by atoms with Crippen LogP contribution in [0.15, 0.2) is 72.8 Å². The maximum Gasteiger partial charge on any atom is 0.166 e. The van der Waals surface area contributed by atoms with Gasteiger partial charge in [0.15, 0.2) is 11.5 Å². The molecule has 1 N–H and O–H groups in total. The van der Waals surface area contributed by atoms with Gasteiger partial charge in [-0.15, -0.1) is 0 Å². The third-order valence-corrected chi connectivity index (χ3v) is 9.55. The van der Waals surface area contributed by atoms with E-state index in [1.807, 2.05) is 12.1 Å². The number of hydrogen-bond donors (Lipinski definition) is 1. The number of ether oxygens (including phenoxy) is 2. The van der Waals surface area contributed by atoms with Crippen LogP contribution in [0.25, 0.3) is 0 Å². The van der Waals surface area contributed by atoms with Gasteiger partial charge in [-0.3, -0.25) is 0 Å². The Hall–Kier alpha value is -3.32. The van der Waals surface area contributed by atoms with E-state index in [0.717, 1.165) is 56.9 Å². The van der Waals surface area contributed by atoms with Crippen molar-refractivity contribution in [1.29, 1.82) is 0 Å². The number of para-hydroxylation sites is 2. The van der Waals surface area contributed by atoms with Crippen LogP contribution >= 0.6 is 0 Å². The number of aliphatic hydroxyl groups excluding tert-OH is 1. The summed E-state index contributed by atoms with van der Waals surface area (Å²) in [7, 11) is 8.15. The van der Waals surface area contributed by atoms with Crippen LogP contribution in [-0.2, 0) is 24.8 Å². The van der Waals surface area contributed by atoms with Gasteiger partial charge in [0, 0.05) is 43.0 Å². The number of nitrogens with zero attached hydrogens (tertiary/aromatic N) is 3. The largest absolute Gasteiger partial charge is 0.493 e. The summed E-state index contributed by atoms with van der Waals surface area (Å²) < 4.78 is 11.8. The molecule has 0 saturated carbocycles. The summed E-state index contributed by atoms with van der Waals surface area (Å²) in [5.41, 5.74) is 8.19. The van der Waals surface area contributed by atoms with Crippen molar-refractivity contribution in [2.24, 2.45) is 5.92 Å². The second kappa shape index (κ2) is 12.4. The molecule has 6 nitrogen and oxygen atoms in total. The van der Waals surface area contributed by atoms with Crippen LogP contribution in [-0.4, -0.2) is 75.0 Å². The highest BCUT2D eigenvalue weighted by Gasteiger charge is 2.52. The standard InChI is InChI=1S/C20H26N2.C17H21NO3/c1-16(14-21(2)3)15-22-19-10-6-4-8-17(19)12-13-18-9-5-7-11-20(18)22;1-18-8-7-17-6-5-12(19)9-14(17)21-16-13(20-2)4-3-11(10-18)15(16)17/h4-11,16H,12-15H2,1-3H3;3-6,12,14,19H,7-10H2,1-2H3/t;12-,14-,17-/m.0/s1. The summed E-state index contributed by atoms with van der Waals surface area (Å²) in [4.78, 5) is 7.16. The quantitative estimate of drug-likeness (QED) is 0.375. The van der Waals surface area contributed by atoms with Crippen molar-refractivity contribution in [1.82, 2.24) is 9.80 Å². The lowest BCUT2D eigenvalue weighted by atomic mass is 9.69. The fraction of sp³-hybridized carbons (Fsp3) is 0.459. The first-order chi connectivity index (χ1) is 20.8. The van der Waals surface area contributed by atoms with Gasteiger partial charge < -0.3 is 29.3 Å². The Balaban J connectivity index is 0.000000153. The Kier molecular flexibility index (Phi) is 8.54. The lowest BCUT2D eigenvalue weighted by molar-refractivity contribution is 0.0821. The van der Waals surface area contributed by atoms with Crippen molar-refractivity contribution in [2.75, 3.05) is 52.8 Å². The molecule has 3 aliphatic heterocycles. The summed E-state index contributed by atoms with van der Waals surface area (Å²) in [5, 5.41) is 9.97. The smallest absolute Gasteiger partial charge is 0.166 e. The van der Waals surface area contributed by atoms with E-state index in [-0.39, 0.29) is 11.5 Å². The SMILES string of the molecule is CC(CN(C)C)CN1c2ccccc2CCc2ccccc21.COc1ccc2c3c1O[C@H]1C[C@@H](O)C=C[C@@]31CCN(C)C2. The minimum absolute atomic E-state index is 0.00838. The molecule has 0 bridgehead atoms. The molecule has 1 spiro atoms. The van der Waals surface area contributed by atoms with Crippen LogP contribution in [0.1, 0.15) is 42.0 Å². The Bertz CT molecular complexity index is 1420. The molecule has 0 radical (unpaired) electrons. The summed E-state index contributed by atoms with van der Waals surface area (Å²) in [6, 6.07) is 21.9. The van der Waals surface area contributed by atoms with Gasteiger partial charge in [-0.25, -0.2) is 0 Å². The highest BCUT2D eigenvalue weighted by Crippen LogP contribution is 2.55. The fourth-order valence-electron chi connectivity index (χ4n) is 7.64. The van der Waals surface area contributed by atoms with Crippen molar-refractivity contribution in [2.45, 2.75) is 56.8 Å². The van der Waals surface area contributed by atoms with Gasteiger partial charge in [-0.2, -0.15) is 0 Å². The number of benzene rings is 3. The van der Waals surface area contributed by atoms with Crippen LogP contribution in [0.4, 0.5) is 11.4 Å². The highest BCUT2D eigenvalue weighted by molar-refractivity contribution is 5.71. The molecule has 4 atom stereocenters. The fourth-order valence-corrected chi connectivity index (χ4v) is 7.64. The lowest BCUT2D eigenvalue weighted by Gasteiger charge is -2.35. The first-order valence-corrected chi connectivity index (χ1v) is 15.8. The molecule has 3 heterocycles. The topological polar surface area (TPSA) is 48.4 Å². The monoisotopic (exact) mass is 581 g/mol. The molecule has 43 heavy (non-hydrogen) atoms. The van der Waals surface area contributed by atoms with E-state index >= 15 is 0 Å². The first kappa shape index (κ1) is 29.7. The second-order valence-electron chi connectivity index (χ2n) is 13.2. The predicted molar refractivity (Wildman–Crippen MR) is 175 cm³/mol. The molecule has 1 unspecified atom stereocenters. The van der Waals surface area contributed by atoms with Gasteiger partial charge in [0.1, 0.15) is 6.10 Å². The molecule has 7 rings (SSSR count). The van der Waals surface area contributed by atoms with Gasteiger partial charge in [0.25, 0.3) is 0 Å².